The average molecular weight is 339 g/mol. The lowest BCUT2D eigenvalue weighted by Gasteiger charge is -2.20. The van der Waals surface area contributed by atoms with Crippen molar-refractivity contribution in [2.75, 3.05) is 30.9 Å². The van der Waals surface area contributed by atoms with E-state index in [0.717, 1.165) is 16.4 Å². The summed E-state index contributed by atoms with van der Waals surface area (Å²) in [6.07, 6.45) is 0. The van der Waals surface area contributed by atoms with Crippen LogP contribution in [0.2, 0.25) is 0 Å². The summed E-state index contributed by atoms with van der Waals surface area (Å²) in [4.78, 5) is 1.42. The smallest absolute Gasteiger partial charge is 0.241 e. The van der Waals surface area contributed by atoms with Crippen molar-refractivity contribution in [1.29, 1.82) is 0 Å². The van der Waals surface area contributed by atoms with Crippen LogP contribution in [0.5, 0.6) is 0 Å². The lowest BCUT2D eigenvalue weighted by Crippen LogP contribution is -2.33. The summed E-state index contributed by atoms with van der Waals surface area (Å²) in [6.45, 7) is 1.23. The summed E-state index contributed by atoms with van der Waals surface area (Å²) in [6, 6.07) is 1.74. The first-order chi connectivity index (χ1) is 9.12. The van der Waals surface area contributed by atoms with Gasteiger partial charge in [0.05, 0.1) is 4.90 Å². The molecule has 0 aliphatic carbocycles. The molecule has 1 aliphatic heterocycles. The molecule has 0 amide bonds. The second-order valence-electron chi connectivity index (χ2n) is 4.20. The van der Waals surface area contributed by atoms with Crippen LogP contribution in [0.4, 0.5) is 0 Å². The molecule has 2 N–H and O–H groups in total. The highest BCUT2D eigenvalue weighted by Crippen LogP contribution is 2.24. The first-order valence-corrected chi connectivity index (χ1v) is 10.6. The van der Waals surface area contributed by atoms with Gasteiger partial charge < -0.3 is 5.32 Å². The van der Waals surface area contributed by atoms with Crippen LogP contribution in [0.15, 0.2) is 16.3 Å². The summed E-state index contributed by atoms with van der Waals surface area (Å²) in [5.74, 6) is 3.31. The zero-order valence-electron chi connectivity index (χ0n) is 10.7. The van der Waals surface area contributed by atoms with Gasteiger partial charge in [-0.05, 0) is 13.1 Å². The van der Waals surface area contributed by atoms with Gasteiger partial charge in [-0.15, -0.1) is 11.3 Å². The molecule has 1 atom stereocenters. The quantitative estimate of drug-likeness (QED) is 0.825. The van der Waals surface area contributed by atoms with Crippen molar-refractivity contribution in [2.24, 2.45) is 0 Å². The topological polar surface area (TPSA) is 58.2 Å². The van der Waals surface area contributed by atoms with Crippen molar-refractivity contribution < 1.29 is 8.42 Å². The molecule has 1 fully saturated rings. The molecule has 1 aromatic heterocycles. The first kappa shape index (κ1) is 15.7. The maximum Gasteiger partial charge on any atom is 0.241 e. The number of hydrogen-bond acceptors (Lipinski definition) is 6. The molecule has 4 nitrogen and oxygen atoms in total. The van der Waals surface area contributed by atoms with E-state index in [2.05, 4.69) is 10.0 Å². The third kappa shape index (κ3) is 4.64. The monoisotopic (exact) mass is 338 g/mol. The average Bonchev–Trinajstić information content (AvgIpc) is 2.88. The Bertz CT molecular complexity index is 495. The van der Waals surface area contributed by atoms with Gasteiger partial charge in [0.25, 0.3) is 0 Å². The molecule has 0 spiro atoms. The molecule has 0 aromatic carbocycles. The van der Waals surface area contributed by atoms with Crippen molar-refractivity contribution >= 4 is 44.9 Å². The van der Waals surface area contributed by atoms with Crippen molar-refractivity contribution in [1.82, 2.24) is 10.0 Å². The van der Waals surface area contributed by atoms with Gasteiger partial charge in [0, 0.05) is 45.9 Å². The summed E-state index contributed by atoms with van der Waals surface area (Å²) >= 11 is 5.23. The third-order valence-corrected chi connectivity index (χ3v) is 8.01. The summed E-state index contributed by atoms with van der Waals surface area (Å²) < 4.78 is 27.0. The summed E-state index contributed by atoms with van der Waals surface area (Å²) in [7, 11) is -1.50. The molecule has 108 valence electrons. The van der Waals surface area contributed by atoms with E-state index in [1.54, 1.807) is 11.4 Å². The number of thiophene rings is 1. The van der Waals surface area contributed by atoms with E-state index in [4.69, 9.17) is 0 Å². The maximum absolute atomic E-state index is 12.2. The molecule has 1 unspecified atom stereocenters. The van der Waals surface area contributed by atoms with Crippen LogP contribution in [-0.2, 0) is 16.6 Å². The predicted molar refractivity (Wildman–Crippen MR) is 85.8 cm³/mol. The molecule has 0 radical (unpaired) electrons. The lowest BCUT2D eigenvalue weighted by molar-refractivity contribution is 0.582. The van der Waals surface area contributed by atoms with Crippen LogP contribution in [0.3, 0.4) is 0 Å². The fourth-order valence-corrected chi connectivity index (χ4v) is 6.79. The van der Waals surface area contributed by atoms with E-state index in [0.29, 0.717) is 23.2 Å². The predicted octanol–water partition coefficient (Wildman–Crippen LogP) is 1.59. The first-order valence-electron chi connectivity index (χ1n) is 6.03. The van der Waals surface area contributed by atoms with E-state index in [-0.39, 0.29) is 0 Å². The Labute approximate surface area is 127 Å². The van der Waals surface area contributed by atoms with Crippen LogP contribution >= 0.6 is 34.9 Å². The number of hydrogen-bond donors (Lipinski definition) is 2. The van der Waals surface area contributed by atoms with Gasteiger partial charge in [-0.2, -0.15) is 23.5 Å². The van der Waals surface area contributed by atoms with Crippen LogP contribution < -0.4 is 10.0 Å². The van der Waals surface area contributed by atoms with E-state index in [1.165, 1.54) is 17.1 Å². The second-order valence-corrected chi connectivity index (χ2v) is 9.52. The Morgan fingerprint density at radius 1 is 1.42 bits per heavy atom. The Morgan fingerprint density at radius 3 is 2.95 bits per heavy atom. The Kier molecular flexibility index (Phi) is 6.04. The maximum atomic E-state index is 12.2. The number of sulfonamides is 1. The Balaban J connectivity index is 1.92. The van der Waals surface area contributed by atoms with Gasteiger partial charge in [-0.25, -0.2) is 13.1 Å². The summed E-state index contributed by atoms with van der Waals surface area (Å²) in [5, 5.41) is 5.12. The van der Waals surface area contributed by atoms with Crippen LogP contribution in [-0.4, -0.2) is 44.5 Å². The van der Waals surface area contributed by atoms with Gasteiger partial charge in [-0.1, -0.05) is 0 Å². The normalized spacial score (nSPS) is 20.6. The Hall–Kier alpha value is 0.270. The molecular formula is C11H18N2O2S4. The van der Waals surface area contributed by atoms with Gasteiger partial charge >= 0.3 is 0 Å². The number of rotatable bonds is 6. The zero-order valence-corrected chi connectivity index (χ0v) is 14.0. The minimum absolute atomic E-state index is 0.385. The minimum atomic E-state index is -3.35. The molecule has 0 bridgehead atoms. The molecule has 19 heavy (non-hydrogen) atoms. The van der Waals surface area contributed by atoms with Crippen molar-refractivity contribution in [3.05, 3.63) is 16.3 Å². The largest absolute Gasteiger partial charge is 0.315 e. The molecular weight excluding hydrogens is 320 g/mol. The fourth-order valence-electron chi connectivity index (χ4n) is 1.71. The highest BCUT2D eigenvalue weighted by atomic mass is 32.2. The van der Waals surface area contributed by atoms with E-state index >= 15 is 0 Å². The standard InChI is InChI=1S/C11H18N2O2S4/c1-12-5-9-4-11(8-18-9)19(14,15)13-6-10-7-16-2-3-17-10/h4,8,10,12-13H,2-3,5-7H2,1H3. The molecule has 1 aromatic rings. The molecule has 0 saturated carbocycles. The van der Waals surface area contributed by atoms with Crippen molar-refractivity contribution in [2.45, 2.75) is 16.7 Å². The van der Waals surface area contributed by atoms with E-state index in [1.807, 2.05) is 30.6 Å². The number of thioether (sulfide) groups is 2. The highest BCUT2D eigenvalue weighted by molar-refractivity contribution is 8.06. The molecule has 8 heteroatoms. The van der Waals surface area contributed by atoms with Crippen LogP contribution in [0.25, 0.3) is 0 Å². The molecule has 2 rings (SSSR count). The van der Waals surface area contributed by atoms with Crippen molar-refractivity contribution in [3.63, 3.8) is 0 Å². The molecule has 1 aliphatic rings. The highest BCUT2D eigenvalue weighted by Gasteiger charge is 2.20. The number of nitrogens with one attached hydrogen (secondary N) is 2. The molecule has 1 saturated heterocycles. The van der Waals surface area contributed by atoms with Gasteiger partial charge in [0.2, 0.25) is 10.0 Å². The van der Waals surface area contributed by atoms with Gasteiger partial charge in [0.1, 0.15) is 0 Å². The van der Waals surface area contributed by atoms with Crippen LogP contribution in [0.1, 0.15) is 4.88 Å². The van der Waals surface area contributed by atoms with E-state index < -0.39 is 10.0 Å². The van der Waals surface area contributed by atoms with Crippen LogP contribution in [0, 0.1) is 0 Å². The fraction of sp³-hybridized carbons (Fsp3) is 0.636. The van der Waals surface area contributed by atoms with Crippen molar-refractivity contribution in [3.8, 4) is 0 Å². The molecule has 2 heterocycles. The van der Waals surface area contributed by atoms with E-state index in [9.17, 15) is 8.42 Å². The minimum Gasteiger partial charge on any atom is -0.315 e. The third-order valence-electron chi connectivity index (χ3n) is 2.68. The summed E-state index contributed by atoms with van der Waals surface area (Å²) in [5.41, 5.74) is 0. The lowest BCUT2D eigenvalue weighted by atomic mass is 10.5. The Morgan fingerprint density at radius 2 is 2.26 bits per heavy atom. The zero-order chi connectivity index (χ0) is 13.7. The van der Waals surface area contributed by atoms with Gasteiger partial charge in [-0.3, -0.25) is 0 Å². The SMILES string of the molecule is CNCc1cc(S(=O)(=O)NCC2CSCCS2)cs1. The second kappa shape index (κ2) is 7.33. The van der Waals surface area contributed by atoms with Gasteiger partial charge in [0.15, 0.2) is 0 Å².